The molecule has 0 aliphatic carbocycles. The molecule has 2 heterocycles. The van der Waals surface area contributed by atoms with Gasteiger partial charge in [0.1, 0.15) is 4.21 Å². The minimum atomic E-state index is -3.44. The van der Waals surface area contributed by atoms with Gasteiger partial charge in [0.25, 0.3) is 5.91 Å². The van der Waals surface area contributed by atoms with Gasteiger partial charge in [0, 0.05) is 18.5 Å². The lowest BCUT2D eigenvalue weighted by molar-refractivity contribution is 0.0725. The van der Waals surface area contributed by atoms with Gasteiger partial charge in [-0.3, -0.25) is 4.79 Å². The predicted octanol–water partition coefficient (Wildman–Crippen LogP) is 1.28. The Hall–Kier alpha value is -0.920. The molecule has 0 spiro atoms. The lowest BCUT2D eigenvalue weighted by Crippen LogP contribution is -2.35. The Kier molecular flexibility index (Phi) is 4.04. The van der Waals surface area contributed by atoms with Crippen molar-refractivity contribution in [3.8, 4) is 0 Å². The van der Waals surface area contributed by atoms with Crippen LogP contribution in [0.2, 0.25) is 0 Å². The Balaban J connectivity index is 2.17. The average molecular weight is 288 g/mol. The normalized spacial score (nSPS) is 16.8. The summed E-state index contributed by atoms with van der Waals surface area (Å²) in [6, 6.07) is 1.45. The first kappa shape index (κ1) is 13.5. The van der Waals surface area contributed by atoms with Crippen LogP contribution in [0.1, 0.15) is 29.6 Å². The molecular formula is C11H16N2O3S2. The zero-order chi connectivity index (χ0) is 13.2. The van der Waals surface area contributed by atoms with E-state index in [0.717, 1.165) is 43.7 Å². The number of amides is 1. The van der Waals surface area contributed by atoms with Gasteiger partial charge in [0.2, 0.25) is 10.0 Å². The van der Waals surface area contributed by atoms with Crippen LogP contribution in [0.15, 0.2) is 15.7 Å². The van der Waals surface area contributed by atoms with E-state index in [1.165, 1.54) is 13.1 Å². The summed E-state index contributed by atoms with van der Waals surface area (Å²) in [6.07, 6.45) is 3.21. The summed E-state index contributed by atoms with van der Waals surface area (Å²) in [6.45, 7) is 1.53. The molecule has 0 unspecified atom stereocenters. The number of piperidine rings is 1. The fraction of sp³-hybridized carbons (Fsp3) is 0.545. The number of rotatable bonds is 3. The second-order valence-corrected chi connectivity index (χ2v) is 7.24. The van der Waals surface area contributed by atoms with Crippen molar-refractivity contribution in [3.05, 3.63) is 17.0 Å². The molecule has 0 aromatic carbocycles. The van der Waals surface area contributed by atoms with Gasteiger partial charge in [-0.15, -0.1) is 11.3 Å². The van der Waals surface area contributed by atoms with E-state index in [1.807, 2.05) is 0 Å². The number of hydrogen-bond acceptors (Lipinski definition) is 4. The standard InChI is InChI=1S/C11H16N2O3S2/c1-12-18(15,16)10-7-9(8-17-10)11(14)13-5-3-2-4-6-13/h7-8,12H,2-6H2,1H3. The summed E-state index contributed by atoms with van der Waals surface area (Å²) in [5.74, 6) is -0.0662. The highest BCUT2D eigenvalue weighted by Gasteiger charge is 2.22. The molecule has 7 heteroatoms. The van der Waals surface area contributed by atoms with Gasteiger partial charge >= 0.3 is 0 Å². The molecule has 100 valence electrons. The third-order valence-electron chi connectivity index (χ3n) is 3.00. The van der Waals surface area contributed by atoms with Crippen LogP contribution in [-0.4, -0.2) is 39.4 Å². The number of nitrogens with zero attached hydrogens (tertiary/aromatic N) is 1. The summed E-state index contributed by atoms with van der Waals surface area (Å²) in [5.41, 5.74) is 0.468. The van der Waals surface area contributed by atoms with Gasteiger partial charge in [-0.2, -0.15) is 0 Å². The van der Waals surface area contributed by atoms with Crippen LogP contribution in [0.25, 0.3) is 0 Å². The molecule has 18 heavy (non-hydrogen) atoms. The molecule has 1 aromatic rings. The maximum absolute atomic E-state index is 12.1. The molecule has 0 radical (unpaired) electrons. The third kappa shape index (κ3) is 2.73. The van der Waals surface area contributed by atoms with E-state index < -0.39 is 10.0 Å². The molecule has 1 aromatic heterocycles. The molecule has 0 atom stereocenters. The van der Waals surface area contributed by atoms with Gasteiger partial charge in [0.15, 0.2) is 0 Å². The highest BCUT2D eigenvalue weighted by atomic mass is 32.2. The smallest absolute Gasteiger partial charge is 0.254 e. The number of sulfonamides is 1. The lowest BCUT2D eigenvalue weighted by Gasteiger charge is -2.26. The monoisotopic (exact) mass is 288 g/mol. The molecule has 2 rings (SSSR count). The first-order chi connectivity index (χ1) is 8.54. The van der Waals surface area contributed by atoms with E-state index >= 15 is 0 Å². The molecule has 1 fully saturated rings. The van der Waals surface area contributed by atoms with Gasteiger partial charge in [-0.05, 0) is 32.4 Å². The van der Waals surface area contributed by atoms with Crippen molar-refractivity contribution >= 4 is 27.3 Å². The van der Waals surface area contributed by atoms with Crippen molar-refractivity contribution in [2.45, 2.75) is 23.5 Å². The third-order valence-corrected chi connectivity index (χ3v) is 5.85. The Morgan fingerprint density at radius 2 is 2.00 bits per heavy atom. The molecule has 1 aliphatic heterocycles. The fourth-order valence-corrected chi connectivity index (χ4v) is 3.94. The van der Waals surface area contributed by atoms with Crippen molar-refractivity contribution in [1.29, 1.82) is 0 Å². The molecule has 0 saturated carbocycles. The van der Waals surface area contributed by atoms with Gasteiger partial charge < -0.3 is 4.90 Å². The number of hydrogen-bond donors (Lipinski definition) is 1. The Morgan fingerprint density at radius 3 is 2.61 bits per heavy atom. The fourth-order valence-electron chi connectivity index (χ4n) is 1.95. The molecule has 1 saturated heterocycles. The van der Waals surface area contributed by atoms with Gasteiger partial charge in [0.05, 0.1) is 5.56 Å². The van der Waals surface area contributed by atoms with Crippen molar-refractivity contribution in [2.24, 2.45) is 0 Å². The number of carbonyl (C=O) groups excluding carboxylic acids is 1. The Morgan fingerprint density at radius 1 is 1.33 bits per heavy atom. The summed E-state index contributed by atoms with van der Waals surface area (Å²) in [5, 5.41) is 1.61. The quantitative estimate of drug-likeness (QED) is 0.911. The zero-order valence-electron chi connectivity index (χ0n) is 10.2. The van der Waals surface area contributed by atoms with E-state index in [1.54, 1.807) is 10.3 Å². The highest BCUT2D eigenvalue weighted by molar-refractivity contribution is 7.91. The SMILES string of the molecule is CNS(=O)(=O)c1cc(C(=O)N2CCCCC2)cs1. The lowest BCUT2D eigenvalue weighted by atomic mass is 10.1. The van der Waals surface area contributed by atoms with Crippen LogP contribution in [0, 0.1) is 0 Å². The predicted molar refractivity (Wildman–Crippen MR) is 70.3 cm³/mol. The highest BCUT2D eigenvalue weighted by Crippen LogP contribution is 2.22. The molecular weight excluding hydrogens is 272 g/mol. The summed E-state index contributed by atoms with van der Waals surface area (Å²) in [4.78, 5) is 13.9. The van der Waals surface area contributed by atoms with Crippen LogP contribution in [-0.2, 0) is 10.0 Å². The topological polar surface area (TPSA) is 66.5 Å². The van der Waals surface area contributed by atoms with Crippen molar-refractivity contribution in [3.63, 3.8) is 0 Å². The minimum absolute atomic E-state index is 0.0662. The molecule has 1 amide bonds. The molecule has 0 bridgehead atoms. The maximum atomic E-state index is 12.1. The summed E-state index contributed by atoms with van der Waals surface area (Å²) < 4.78 is 25.6. The minimum Gasteiger partial charge on any atom is -0.339 e. The Bertz CT molecular complexity index is 530. The van der Waals surface area contributed by atoms with E-state index in [2.05, 4.69) is 4.72 Å². The van der Waals surface area contributed by atoms with Crippen molar-refractivity contribution < 1.29 is 13.2 Å². The molecule has 5 nitrogen and oxygen atoms in total. The number of nitrogens with one attached hydrogen (secondary N) is 1. The zero-order valence-corrected chi connectivity index (χ0v) is 11.8. The van der Waals surface area contributed by atoms with E-state index in [4.69, 9.17) is 0 Å². The van der Waals surface area contributed by atoms with Gasteiger partial charge in [-0.1, -0.05) is 0 Å². The van der Waals surface area contributed by atoms with Crippen LogP contribution in [0.4, 0.5) is 0 Å². The average Bonchev–Trinajstić information content (AvgIpc) is 2.89. The van der Waals surface area contributed by atoms with Crippen LogP contribution in [0.3, 0.4) is 0 Å². The van der Waals surface area contributed by atoms with Crippen LogP contribution < -0.4 is 4.72 Å². The maximum Gasteiger partial charge on any atom is 0.254 e. The number of likely N-dealkylation sites (tertiary alicyclic amines) is 1. The van der Waals surface area contributed by atoms with Crippen LogP contribution >= 0.6 is 11.3 Å². The first-order valence-corrected chi connectivity index (χ1v) is 8.22. The van der Waals surface area contributed by atoms with Gasteiger partial charge in [-0.25, -0.2) is 13.1 Å². The first-order valence-electron chi connectivity index (χ1n) is 5.86. The second-order valence-electron chi connectivity index (χ2n) is 4.21. The molecule has 1 aliphatic rings. The van der Waals surface area contributed by atoms with E-state index in [9.17, 15) is 13.2 Å². The number of carbonyl (C=O) groups is 1. The summed E-state index contributed by atoms with van der Waals surface area (Å²) >= 11 is 1.08. The largest absolute Gasteiger partial charge is 0.339 e. The molecule has 1 N–H and O–H groups in total. The van der Waals surface area contributed by atoms with Crippen molar-refractivity contribution in [2.75, 3.05) is 20.1 Å². The Labute approximate surface area is 111 Å². The number of thiophene rings is 1. The van der Waals surface area contributed by atoms with Crippen LogP contribution in [0.5, 0.6) is 0 Å². The van der Waals surface area contributed by atoms with E-state index in [-0.39, 0.29) is 10.1 Å². The second kappa shape index (κ2) is 5.38. The summed E-state index contributed by atoms with van der Waals surface area (Å²) in [7, 11) is -2.08. The van der Waals surface area contributed by atoms with Crippen molar-refractivity contribution in [1.82, 2.24) is 9.62 Å². The van der Waals surface area contributed by atoms with E-state index in [0.29, 0.717) is 5.56 Å².